The lowest BCUT2D eigenvalue weighted by Gasteiger charge is -2.12. The molecule has 20 heavy (non-hydrogen) atoms. The van der Waals surface area contributed by atoms with Gasteiger partial charge < -0.3 is 10.4 Å². The van der Waals surface area contributed by atoms with Crippen molar-refractivity contribution in [2.75, 3.05) is 11.9 Å². The van der Waals surface area contributed by atoms with Gasteiger partial charge in [-0.3, -0.25) is 4.79 Å². The van der Waals surface area contributed by atoms with E-state index < -0.39 is 5.97 Å². The molecule has 0 saturated carbocycles. The van der Waals surface area contributed by atoms with E-state index in [9.17, 15) is 4.79 Å². The molecule has 2 aromatic carbocycles. The van der Waals surface area contributed by atoms with Crippen molar-refractivity contribution in [3.63, 3.8) is 0 Å². The van der Waals surface area contributed by atoms with Gasteiger partial charge in [-0.1, -0.05) is 48.5 Å². The molecule has 0 unspecified atom stereocenters. The number of carboxylic acids is 1. The van der Waals surface area contributed by atoms with Gasteiger partial charge in [0.1, 0.15) is 0 Å². The Kier molecular flexibility index (Phi) is 5.18. The molecule has 2 aromatic rings. The Hall–Kier alpha value is -2.29. The van der Waals surface area contributed by atoms with E-state index in [2.05, 4.69) is 29.6 Å². The summed E-state index contributed by atoms with van der Waals surface area (Å²) in [6, 6.07) is 18.4. The number of rotatable bonds is 7. The van der Waals surface area contributed by atoms with Crippen molar-refractivity contribution in [3.05, 3.63) is 54.6 Å². The van der Waals surface area contributed by atoms with Gasteiger partial charge in [-0.05, 0) is 24.5 Å². The quantitative estimate of drug-likeness (QED) is 0.746. The van der Waals surface area contributed by atoms with Crippen LogP contribution < -0.4 is 5.32 Å². The third-order valence-electron chi connectivity index (χ3n) is 3.14. The number of aliphatic carboxylic acids is 1. The molecular formula is C17H19NO2. The molecule has 0 atom stereocenters. The Morgan fingerprint density at radius 3 is 2.40 bits per heavy atom. The van der Waals surface area contributed by atoms with Gasteiger partial charge >= 0.3 is 5.97 Å². The van der Waals surface area contributed by atoms with Crippen molar-refractivity contribution >= 4 is 11.7 Å². The van der Waals surface area contributed by atoms with Gasteiger partial charge in [0.2, 0.25) is 0 Å². The molecule has 2 rings (SSSR count). The van der Waals surface area contributed by atoms with Gasteiger partial charge in [-0.15, -0.1) is 0 Å². The molecule has 0 saturated heterocycles. The molecule has 0 radical (unpaired) electrons. The standard InChI is InChI=1S/C17H19NO2/c19-17(20)12-6-7-13-18-16-11-5-4-10-15(16)14-8-2-1-3-9-14/h1-5,8-11,18H,6-7,12-13H2,(H,19,20). The number of para-hydroxylation sites is 1. The molecule has 0 aromatic heterocycles. The number of carboxylic acid groups (broad SMARTS) is 1. The summed E-state index contributed by atoms with van der Waals surface area (Å²) < 4.78 is 0. The molecular weight excluding hydrogens is 250 g/mol. The highest BCUT2D eigenvalue weighted by Gasteiger charge is 2.03. The van der Waals surface area contributed by atoms with Crippen LogP contribution in [0.1, 0.15) is 19.3 Å². The van der Waals surface area contributed by atoms with Gasteiger partial charge in [0, 0.05) is 24.2 Å². The molecule has 2 N–H and O–H groups in total. The van der Waals surface area contributed by atoms with E-state index in [-0.39, 0.29) is 6.42 Å². The van der Waals surface area contributed by atoms with Crippen molar-refractivity contribution in [2.24, 2.45) is 0 Å². The molecule has 0 amide bonds. The average Bonchev–Trinajstić information content (AvgIpc) is 2.48. The van der Waals surface area contributed by atoms with Crippen molar-refractivity contribution in [2.45, 2.75) is 19.3 Å². The number of hydrogen-bond acceptors (Lipinski definition) is 2. The summed E-state index contributed by atoms with van der Waals surface area (Å²) in [5, 5.41) is 12.0. The highest BCUT2D eigenvalue weighted by molar-refractivity contribution is 5.77. The van der Waals surface area contributed by atoms with Crippen LogP contribution in [0.3, 0.4) is 0 Å². The van der Waals surface area contributed by atoms with E-state index in [4.69, 9.17) is 5.11 Å². The largest absolute Gasteiger partial charge is 0.481 e. The zero-order chi connectivity index (χ0) is 14.2. The monoisotopic (exact) mass is 269 g/mol. The van der Waals surface area contributed by atoms with E-state index >= 15 is 0 Å². The number of anilines is 1. The SMILES string of the molecule is O=C(O)CCCCNc1ccccc1-c1ccccc1. The van der Waals surface area contributed by atoms with E-state index in [1.807, 2.05) is 30.3 Å². The van der Waals surface area contributed by atoms with Crippen LogP contribution in [0.15, 0.2) is 54.6 Å². The highest BCUT2D eigenvalue weighted by Crippen LogP contribution is 2.27. The van der Waals surface area contributed by atoms with E-state index in [1.54, 1.807) is 0 Å². The van der Waals surface area contributed by atoms with Crippen LogP contribution in [0.5, 0.6) is 0 Å². The van der Waals surface area contributed by atoms with Crippen molar-refractivity contribution < 1.29 is 9.90 Å². The lowest BCUT2D eigenvalue weighted by atomic mass is 10.0. The minimum atomic E-state index is -0.727. The van der Waals surface area contributed by atoms with Gasteiger partial charge in [-0.2, -0.15) is 0 Å². The molecule has 0 spiro atoms. The molecule has 0 bridgehead atoms. The van der Waals surface area contributed by atoms with Crippen LogP contribution in [0.2, 0.25) is 0 Å². The van der Waals surface area contributed by atoms with Crippen LogP contribution in [-0.2, 0) is 4.79 Å². The second-order valence-electron chi connectivity index (χ2n) is 4.69. The van der Waals surface area contributed by atoms with Crippen LogP contribution in [0, 0.1) is 0 Å². The maximum Gasteiger partial charge on any atom is 0.303 e. The number of benzene rings is 2. The number of unbranched alkanes of at least 4 members (excludes halogenated alkanes) is 1. The summed E-state index contributed by atoms with van der Waals surface area (Å²) in [4.78, 5) is 10.5. The van der Waals surface area contributed by atoms with E-state index in [1.165, 1.54) is 11.1 Å². The van der Waals surface area contributed by atoms with Crippen molar-refractivity contribution in [1.29, 1.82) is 0 Å². The second-order valence-corrected chi connectivity index (χ2v) is 4.69. The van der Waals surface area contributed by atoms with Crippen molar-refractivity contribution in [1.82, 2.24) is 0 Å². The van der Waals surface area contributed by atoms with Gasteiger partial charge in [0.15, 0.2) is 0 Å². The molecule has 0 aliphatic heterocycles. The summed E-state index contributed by atoms with van der Waals surface area (Å²) >= 11 is 0. The summed E-state index contributed by atoms with van der Waals surface area (Å²) in [5.41, 5.74) is 3.45. The topological polar surface area (TPSA) is 49.3 Å². The summed E-state index contributed by atoms with van der Waals surface area (Å²) in [7, 11) is 0. The van der Waals surface area contributed by atoms with Gasteiger partial charge in [0.25, 0.3) is 0 Å². The Labute approximate surface area is 119 Å². The van der Waals surface area contributed by atoms with Crippen LogP contribution >= 0.6 is 0 Å². The fraction of sp³-hybridized carbons (Fsp3) is 0.235. The summed E-state index contributed by atoms with van der Waals surface area (Å²) in [6.45, 7) is 0.789. The Bertz CT molecular complexity index is 552. The molecule has 0 heterocycles. The molecule has 104 valence electrons. The molecule has 0 aliphatic carbocycles. The fourth-order valence-electron chi connectivity index (χ4n) is 2.13. The van der Waals surface area contributed by atoms with E-state index in [0.717, 1.165) is 18.7 Å². The molecule has 3 nitrogen and oxygen atoms in total. The first-order valence-corrected chi connectivity index (χ1v) is 6.87. The number of carbonyl (C=O) groups is 1. The Balaban J connectivity index is 1.97. The van der Waals surface area contributed by atoms with Crippen LogP contribution in [-0.4, -0.2) is 17.6 Å². The third kappa shape index (κ3) is 4.12. The maximum absolute atomic E-state index is 10.5. The fourth-order valence-corrected chi connectivity index (χ4v) is 2.13. The Morgan fingerprint density at radius 2 is 1.65 bits per heavy atom. The predicted octanol–water partition coefficient (Wildman–Crippen LogP) is 4.02. The third-order valence-corrected chi connectivity index (χ3v) is 3.14. The lowest BCUT2D eigenvalue weighted by molar-refractivity contribution is -0.137. The minimum absolute atomic E-state index is 0.238. The van der Waals surface area contributed by atoms with Crippen molar-refractivity contribution in [3.8, 4) is 11.1 Å². The van der Waals surface area contributed by atoms with E-state index in [0.29, 0.717) is 6.42 Å². The normalized spacial score (nSPS) is 10.2. The Morgan fingerprint density at radius 1 is 0.950 bits per heavy atom. The molecule has 0 aliphatic rings. The smallest absolute Gasteiger partial charge is 0.303 e. The summed E-state index contributed by atoms with van der Waals surface area (Å²) in [5.74, 6) is -0.727. The first kappa shape index (κ1) is 14.1. The number of nitrogens with one attached hydrogen (secondary N) is 1. The first-order valence-electron chi connectivity index (χ1n) is 6.87. The lowest BCUT2D eigenvalue weighted by Crippen LogP contribution is -2.04. The summed E-state index contributed by atoms with van der Waals surface area (Å²) in [6.07, 6.45) is 1.80. The van der Waals surface area contributed by atoms with Crippen LogP contribution in [0.25, 0.3) is 11.1 Å². The predicted molar refractivity (Wildman–Crippen MR) is 81.9 cm³/mol. The number of hydrogen-bond donors (Lipinski definition) is 2. The maximum atomic E-state index is 10.5. The zero-order valence-electron chi connectivity index (χ0n) is 11.4. The van der Waals surface area contributed by atoms with Crippen LogP contribution in [0.4, 0.5) is 5.69 Å². The second kappa shape index (κ2) is 7.34. The van der Waals surface area contributed by atoms with Gasteiger partial charge in [-0.25, -0.2) is 0 Å². The molecule has 0 fully saturated rings. The average molecular weight is 269 g/mol. The van der Waals surface area contributed by atoms with Gasteiger partial charge in [0.05, 0.1) is 0 Å². The molecule has 3 heteroatoms. The zero-order valence-corrected chi connectivity index (χ0v) is 11.4. The highest BCUT2D eigenvalue weighted by atomic mass is 16.4. The minimum Gasteiger partial charge on any atom is -0.481 e. The first-order chi connectivity index (χ1) is 9.77.